The fourth-order valence-electron chi connectivity index (χ4n) is 1.71. The Morgan fingerprint density at radius 1 is 1.44 bits per heavy atom. The van der Waals surface area contributed by atoms with Gasteiger partial charge in [0, 0.05) is 18.3 Å². The number of aryl methyl sites for hydroxylation is 2. The van der Waals surface area contributed by atoms with Gasteiger partial charge in [-0.25, -0.2) is 9.97 Å². The van der Waals surface area contributed by atoms with Crippen LogP contribution in [0.2, 0.25) is 0 Å². The predicted octanol–water partition coefficient (Wildman–Crippen LogP) is 1.29. The Kier molecular flexibility index (Phi) is 4.12. The molecular formula is C13H20N4O. The van der Waals surface area contributed by atoms with Crippen molar-refractivity contribution in [3.05, 3.63) is 17.6 Å². The molecule has 1 aliphatic rings. The van der Waals surface area contributed by atoms with Gasteiger partial charge in [0.15, 0.2) is 0 Å². The molecule has 18 heavy (non-hydrogen) atoms. The minimum Gasteiger partial charge on any atom is -0.361 e. The topological polar surface area (TPSA) is 66.9 Å². The van der Waals surface area contributed by atoms with Crippen molar-refractivity contribution in [3.8, 4) is 0 Å². The third-order valence-corrected chi connectivity index (χ3v) is 2.97. The number of aromatic nitrogens is 2. The average molecular weight is 248 g/mol. The summed E-state index contributed by atoms with van der Waals surface area (Å²) in [6.07, 6.45) is 3.36. The lowest BCUT2D eigenvalue weighted by Gasteiger charge is -2.08. The summed E-state index contributed by atoms with van der Waals surface area (Å²) in [5.41, 5.74) is 0.989. The lowest BCUT2D eigenvalue weighted by molar-refractivity contribution is -0.119. The predicted molar refractivity (Wildman–Crippen MR) is 70.4 cm³/mol. The van der Waals surface area contributed by atoms with Gasteiger partial charge in [0.05, 0.1) is 6.54 Å². The highest BCUT2D eigenvalue weighted by Gasteiger charge is 2.21. The van der Waals surface area contributed by atoms with E-state index in [9.17, 15) is 4.79 Å². The zero-order valence-corrected chi connectivity index (χ0v) is 11.0. The molecule has 1 aromatic rings. The van der Waals surface area contributed by atoms with Crippen molar-refractivity contribution in [3.63, 3.8) is 0 Å². The molecule has 0 aromatic carbocycles. The minimum atomic E-state index is 0.0243. The van der Waals surface area contributed by atoms with Crippen LogP contribution in [-0.4, -0.2) is 29.0 Å². The van der Waals surface area contributed by atoms with Crippen LogP contribution in [0.25, 0.3) is 0 Å². The number of carbonyl (C=O) groups is 1. The highest BCUT2D eigenvalue weighted by molar-refractivity contribution is 5.80. The van der Waals surface area contributed by atoms with Gasteiger partial charge in [0.1, 0.15) is 11.6 Å². The van der Waals surface area contributed by atoms with Crippen LogP contribution in [0.5, 0.6) is 0 Å². The number of carbonyl (C=O) groups excluding carboxylic acids is 1. The SMILES string of the molecule is CCc1cc(NCC(=O)NCC2CC2)nc(C)n1. The first kappa shape index (κ1) is 12.8. The van der Waals surface area contributed by atoms with Gasteiger partial charge in [-0.05, 0) is 32.1 Å². The van der Waals surface area contributed by atoms with Crippen LogP contribution in [0.1, 0.15) is 31.3 Å². The zero-order valence-electron chi connectivity index (χ0n) is 11.0. The van der Waals surface area contributed by atoms with Crippen LogP contribution in [0.3, 0.4) is 0 Å². The smallest absolute Gasteiger partial charge is 0.239 e. The average Bonchev–Trinajstić information content (AvgIpc) is 3.17. The van der Waals surface area contributed by atoms with Crippen LogP contribution in [0.15, 0.2) is 6.07 Å². The molecule has 98 valence electrons. The second kappa shape index (κ2) is 5.80. The number of hydrogen-bond donors (Lipinski definition) is 2. The van der Waals surface area contributed by atoms with Crippen LogP contribution in [0.4, 0.5) is 5.82 Å². The summed E-state index contributed by atoms with van der Waals surface area (Å²) >= 11 is 0. The van der Waals surface area contributed by atoms with Crippen molar-refractivity contribution in [1.29, 1.82) is 0 Å². The van der Waals surface area contributed by atoms with Crippen molar-refractivity contribution in [2.45, 2.75) is 33.1 Å². The Morgan fingerprint density at radius 3 is 2.89 bits per heavy atom. The molecule has 0 unspecified atom stereocenters. The molecule has 1 aromatic heterocycles. The summed E-state index contributed by atoms with van der Waals surface area (Å²) < 4.78 is 0. The standard InChI is InChI=1S/C13H20N4O/c1-3-11-6-12(17-9(2)16-11)14-8-13(18)15-7-10-4-5-10/h6,10H,3-5,7-8H2,1-2H3,(H,15,18)(H,14,16,17). The summed E-state index contributed by atoms with van der Waals surface area (Å²) in [6, 6.07) is 1.89. The summed E-state index contributed by atoms with van der Waals surface area (Å²) in [6.45, 7) is 4.99. The maximum absolute atomic E-state index is 11.6. The van der Waals surface area contributed by atoms with Crippen molar-refractivity contribution >= 4 is 11.7 Å². The van der Waals surface area contributed by atoms with Crippen LogP contribution in [0, 0.1) is 12.8 Å². The van der Waals surface area contributed by atoms with E-state index in [-0.39, 0.29) is 12.5 Å². The van der Waals surface area contributed by atoms with Gasteiger partial charge in [-0.2, -0.15) is 0 Å². The van der Waals surface area contributed by atoms with Gasteiger partial charge in [0.25, 0.3) is 0 Å². The highest BCUT2D eigenvalue weighted by Crippen LogP contribution is 2.27. The van der Waals surface area contributed by atoms with E-state index >= 15 is 0 Å². The van der Waals surface area contributed by atoms with E-state index in [0.29, 0.717) is 5.92 Å². The summed E-state index contributed by atoms with van der Waals surface area (Å²) in [7, 11) is 0. The number of anilines is 1. The Hall–Kier alpha value is -1.65. The summed E-state index contributed by atoms with van der Waals surface area (Å²) in [4.78, 5) is 20.1. The Balaban J connectivity index is 1.80. The lowest BCUT2D eigenvalue weighted by atomic mass is 10.3. The molecule has 1 saturated carbocycles. The van der Waals surface area contributed by atoms with Gasteiger partial charge in [-0.3, -0.25) is 4.79 Å². The first-order valence-corrected chi connectivity index (χ1v) is 6.52. The van der Waals surface area contributed by atoms with E-state index in [1.807, 2.05) is 19.9 Å². The van der Waals surface area contributed by atoms with E-state index in [0.717, 1.165) is 30.3 Å². The summed E-state index contributed by atoms with van der Waals surface area (Å²) in [5.74, 6) is 2.19. The van der Waals surface area contributed by atoms with Gasteiger partial charge >= 0.3 is 0 Å². The molecule has 0 aliphatic heterocycles. The van der Waals surface area contributed by atoms with Crippen LogP contribution < -0.4 is 10.6 Å². The van der Waals surface area contributed by atoms with Gasteiger partial charge in [-0.15, -0.1) is 0 Å². The molecule has 5 nitrogen and oxygen atoms in total. The fraction of sp³-hybridized carbons (Fsp3) is 0.615. The maximum Gasteiger partial charge on any atom is 0.239 e. The van der Waals surface area contributed by atoms with Crippen molar-refractivity contribution in [2.75, 3.05) is 18.4 Å². The maximum atomic E-state index is 11.6. The normalized spacial score (nSPS) is 14.3. The van der Waals surface area contributed by atoms with Crippen molar-refractivity contribution < 1.29 is 4.79 Å². The molecule has 1 aliphatic carbocycles. The number of hydrogen-bond acceptors (Lipinski definition) is 4. The number of amides is 1. The largest absolute Gasteiger partial charge is 0.361 e. The molecule has 0 radical (unpaired) electrons. The quantitative estimate of drug-likeness (QED) is 0.796. The number of nitrogens with zero attached hydrogens (tertiary/aromatic N) is 2. The van der Waals surface area contributed by atoms with Crippen LogP contribution >= 0.6 is 0 Å². The molecule has 0 bridgehead atoms. The Morgan fingerprint density at radius 2 is 2.22 bits per heavy atom. The number of rotatable bonds is 6. The molecule has 1 heterocycles. The monoisotopic (exact) mass is 248 g/mol. The minimum absolute atomic E-state index is 0.0243. The second-order valence-corrected chi connectivity index (χ2v) is 4.75. The first-order valence-electron chi connectivity index (χ1n) is 6.52. The Labute approximate surface area is 107 Å². The van der Waals surface area contributed by atoms with Gasteiger partial charge in [-0.1, -0.05) is 6.92 Å². The first-order chi connectivity index (χ1) is 8.67. The Bertz CT molecular complexity index is 429. The molecule has 0 saturated heterocycles. The van der Waals surface area contributed by atoms with E-state index in [4.69, 9.17) is 0 Å². The fourth-order valence-corrected chi connectivity index (χ4v) is 1.71. The molecule has 2 rings (SSSR count). The van der Waals surface area contributed by atoms with E-state index in [2.05, 4.69) is 20.6 Å². The molecule has 5 heteroatoms. The molecular weight excluding hydrogens is 228 g/mol. The third-order valence-electron chi connectivity index (χ3n) is 2.97. The van der Waals surface area contributed by atoms with Crippen molar-refractivity contribution in [1.82, 2.24) is 15.3 Å². The van der Waals surface area contributed by atoms with Gasteiger partial charge < -0.3 is 10.6 Å². The molecule has 1 fully saturated rings. The van der Waals surface area contributed by atoms with Gasteiger partial charge in [0.2, 0.25) is 5.91 Å². The molecule has 0 atom stereocenters. The third kappa shape index (κ3) is 3.98. The zero-order chi connectivity index (χ0) is 13.0. The summed E-state index contributed by atoms with van der Waals surface area (Å²) in [5, 5.41) is 5.95. The second-order valence-electron chi connectivity index (χ2n) is 4.75. The van der Waals surface area contributed by atoms with E-state index in [1.165, 1.54) is 12.8 Å². The molecule has 0 spiro atoms. The molecule has 2 N–H and O–H groups in total. The van der Waals surface area contributed by atoms with Crippen molar-refractivity contribution in [2.24, 2.45) is 5.92 Å². The molecule has 1 amide bonds. The highest BCUT2D eigenvalue weighted by atomic mass is 16.1. The van der Waals surface area contributed by atoms with E-state index < -0.39 is 0 Å². The van der Waals surface area contributed by atoms with E-state index in [1.54, 1.807) is 0 Å². The van der Waals surface area contributed by atoms with Crippen LogP contribution in [-0.2, 0) is 11.2 Å². The lowest BCUT2D eigenvalue weighted by Crippen LogP contribution is -2.31. The number of nitrogens with one attached hydrogen (secondary N) is 2.